The van der Waals surface area contributed by atoms with Gasteiger partial charge in [0.1, 0.15) is 0 Å². The van der Waals surface area contributed by atoms with Gasteiger partial charge in [-0.15, -0.1) is 0 Å². The molecule has 0 aromatic heterocycles. The highest BCUT2D eigenvalue weighted by molar-refractivity contribution is 5.97. The van der Waals surface area contributed by atoms with Crippen LogP contribution >= 0.6 is 0 Å². The average Bonchev–Trinajstić information content (AvgIpc) is 2.64. The number of hydrogen-bond acceptors (Lipinski definition) is 4. The monoisotopic (exact) mass is 332 g/mol. The Morgan fingerprint density at radius 3 is 2.50 bits per heavy atom. The van der Waals surface area contributed by atoms with Crippen LogP contribution in [-0.2, 0) is 16.0 Å². The molecule has 0 saturated carbocycles. The van der Waals surface area contributed by atoms with Crippen LogP contribution < -0.4 is 5.32 Å². The fourth-order valence-electron chi connectivity index (χ4n) is 2.74. The number of nitrogens with zero attached hydrogens (tertiary/aromatic N) is 1. The molecule has 1 aliphatic heterocycles. The number of carbonyl (C=O) groups excluding carboxylic acids is 2. The number of benzene rings is 1. The van der Waals surface area contributed by atoms with Gasteiger partial charge in [0.05, 0.1) is 13.2 Å². The van der Waals surface area contributed by atoms with Gasteiger partial charge in [0.2, 0.25) is 5.91 Å². The van der Waals surface area contributed by atoms with Crippen LogP contribution in [0.4, 0.5) is 0 Å². The third-order valence-electron chi connectivity index (χ3n) is 4.34. The first-order valence-corrected chi connectivity index (χ1v) is 8.88. The topological polar surface area (TPSA) is 58.6 Å². The minimum absolute atomic E-state index is 0.0288. The Morgan fingerprint density at radius 2 is 1.83 bits per heavy atom. The van der Waals surface area contributed by atoms with Crippen LogP contribution in [0.1, 0.15) is 42.1 Å². The number of aryl methyl sites for hydroxylation is 1. The van der Waals surface area contributed by atoms with Crippen molar-refractivity contribution in [2.45, 2.75) is 32.6 Å². The molecule has 0 bridgehead atoms. The predicted octanol–water partition coefficient (Wildman–Crippen LogP) is 2.05. The van der Waals surface area contributed by atoms with E-state index < -0.39 is 0 Å². The Kier molecular flexibility index (Phi) is 7.92. The number of hydrogen-bond donors (Lipinski definition) is 1. The molecule has 0 atom stereocenters. The molecule has 5 heteroatoms. The lowest BCUT2D eigenvalue weighted by atomic mass is 10.0. The predicted molar refractivity (Wildman–Crippen MR) is 94.3 cm³/mol. The van der Waals surface area contributed by atoms with Crippen LogP contribution in [0, 0.1) is 0 Å². The van der Waals surface area contributed by atoms with E-state index in [2.05, 4.69) is 17.1 Å². The molecule has 0 aliphatic carbocycles. The van der Waals surface area contributed by atoms with Crippen LogP contribution in [0.2, 0.25) is 0 Å². The van der Waals surface area contributed by atoms with E-state index in [9.17, 15) is 9.59 Å². The molecule has 1 aromatic carbocycles. The summed E-state index contributed by atoms with van der Waals surface area (Å²) in [6.45, 7) is 7.27. The summed E-state index contributed by atoms with van der Waals surface area (Å²) in [4.78, 5) is 26.3. The zero-order chi connectivity index (χ0) is 17.2. The summed E-state index contributed by atoms with van der Waals surface area (Å²) in [5.74, 6) is -0.0170. The molecule has 1 saturated heterocycles. The molecule has 2 rings (SSSR count). The van der Waals surface area contributed by atoms with Gasteiger partial charge in [-0.25, -0.2) is 0 Å². The molecular weight excluding hydrogens is 304 g/mol. The van der Waals surface area contributed by atoms with Crippen molar-refractivity contribution in [2.75, 3.05) is 39.4 Å². The van der Waals surface area contributed by atoms with E-state index in [4.69, 9.17) is 4.74 Å². The van der Waals surface area contributed by atoms with Crippen LogP contribution in [0.3, 0.4) is 0 Å². The van der Waals surface area contributed by atoms with Gasteiger partial charge in [-0.2, -0.15) is 0 Å². The Bertz CT molecular complexity index is 522. The molecule has 1 fully saturated rings. The molecule has 1 aromatic rings. The SMILES string of the molecule is CCc1ccc(C(=O)CCC(=O)NCCCN2CCOCC2)cc1. The maximum atomic E-state index is 12.1. The fraction of sp³-hybridized carbons (Fsp3) is 0.579. The number of morpholine rings is 1. The largest absolute Gasteiger partial charge is 0.379 e. The van der Waals surface area contributed by atoms with Gasteiger partial charge in [-0.3, -0.25) is 14.5 Å². The number of nitrogens with one attached hydrogen (secondary N) is 1. The molecule has 132 valence electrons. The van der Waals surface area contributed by atoms with E-state index in [1.165, 1.54) is 5.56 Å². The molecular formula is C19H28N2O3. The molecule has 5 nitrogen and oxygen atoms in total. The second kappa shape index (κ2) is 10.2. The van der Waals surface area contributed by atoms with E-state index in [0.29, 0.717) is 12.1 Å². The van der Waals surface area contributed by atoms with Crippen molar-refractivity contribution in [3.05, 3.63) is 35.4 Å². The van der Waals surface area contributed by atoms with Crippen molar-refractivity contribution in [2.24, 2.45) is 0 Å². The first kappa shape index (κ1) is 18.6. The van der Waals surface area contributed by atoms with Crippen LogP contribution in [0.15, 0.2) is 24.3 Å². The third-order valence-corrected chi connectivity index (χ3v) is 4.34. The number of rotatable bonds is 9. The van der Waals surface area contributed by atoms with E-state index in [0.717, 1.165) is 45.7 Å². The minimum Gasteiger partial charge on any atom is -0.379 e. The summed E-state index contributed by atoms with van der Waals surface area (Å²) in [6.07, 6.45) is 2.41. The Morgan fingerprint density at radius 1 is 1.12 bits per heavy atom. The Labute approximate surface area is 144 Å². The second-order valence-corrected chi connectivity index (χ2v) is 6.13. The summed E-state index contributed by atoms with van der Waals surface area (Å²) in [5.41, 5.74) is 1.90. The molecule has 1 N–H and O–H groups in total. The van der Waals surface area contributed by atoms with Gasteiger partial charge in [0.25, 0.3) is 0 Å². The Hall–Kier alpha value is -1.72. The van der Waals surface area contributed by atoms with Gasteiger partial charge in [-0.1, -0.05) is 31.2 Å². The zero-order valence-corrected chi connectivity index (χ0v) is 14.6. The molecule has 24 heavy (non-hydrogen) atoms. The van der Waals surface area contributed by atoms with Gasteiger partial charge >= 0.3 is 0 Å². The highest BCUT2D eigenvalue weighted by Crippen LogP contribution is 2.08. The average molecular weight is 332 g/mol. The van der Waals surface area contributed by atoms with E-state index in [1.807, 2.05) is 24.3 Å². The second-order valence-electron chi connectivity index (χ2n) is 6.13. The maximum absolute atomic E-state index is 12.1. The lowest BCUT2D eigenvalue weighted by molar-refractivity contribution is -0.121. The molecule has 0 spiro atoms. The molecule has 0 unspecified atom stereocenters. The number of ketones is 1. The standard InChI is InChI=1S/C19H28N2O3/c1-2-16-4-6-17(7-5-16)18(22)8-9-19(23)20-10-3-11-21-12-14-24-15-13-21/h4-7H,2-3,8-15H2,1H3,(H,20,23). The molecule has 1 heterocycles. The number of ether oxygens (including phenoxy) is 1. The van der Waals surface area contributed by atoms with Crippen molar-refractivity contribution in [3.63, 3.8) is 0 Å². The van der Waals surface area contributed by atoms with Crippen molar-refractivity contribution in [1.82, 2.24) is 10.2 Å². The summed E-state index contributed by atoms with van der Waals surface area (Å²) in [7, 11) is 0. The van der Waals surface area contributed by atoms with Crippen molar-refractivity contribution in [1.29, 1.82) is 0 Å². The normalized spacial score (nSPS) is 15.2. The van der Waals surface area contributed by atoms with Crippen LogP contribution in [-0.4, -0.2) is 56.0 Å². The zero-order valence-electron chi connectivity index (χ0n) is 14.6. The van der Waals surface area contributed by atoms with Gasteiger partial charge < -0.3 is 10.1 Å². The molecule has 0 radical (unpaired) electrons. The molecule has 1 aliphatic rings. The highest BCUT2D eigenvalue weighted by Gasteiger charge is 2.11. The number of carbonyl (C=O) groups is 2. The van der Waals surface area contributed by atoms with Crippen LogP contribution in [0.5, 0.6) is 0 Å². The number of amides is 1. The lowest BCUT2D eigenvalue weighted by Crippen LogP contribution is -2.38. The highest BCUT2D eigenvalue weighted by atomic mass is 16.5. The van der Waals surface area contributed by atoms with Gasteiger partial charge in [0, 0.05) is 38.0 Å². The summed E-state index contributed by atoms with van der Waals surface area (Å²) < 4.78 is 5.30. The first-order chi connectivity index (χ1) is 11.7. The van der Waals surface area contributed by atoms with Crippen molar-refractivity contribution in [3.8, 4) is 0 Å². The summed E-state index contributed by atoms with van der Waals surface area (Å²) in [6, 6.07) is 7.64. The minimum atomic E-state index is -0.0458. The third kappa shape index (κ3) is 6.42. The van der Waals surface area contributed by atoms with E-state index >= 15 is 0 Å². The van der Waals surface area contributed by atoms with Gasteiger partial charge in [-0.05, 0) is 24.9 Å². The molecule has 1 amide bonds. The Balaban J connectivity index is 1.58. The van der Waals surface area contributed by atoms with Crippen molar-refractivity contribution < 1.29 is 14.3 Å². The van der Waals surface area contributed by atoms with E-state index in [-0.39, 0.29) is 24.5 Å². The number of Topliss-reactive ketones (excluding diaryl/α,β-unsaturated/α-hetero) is 1. The van der Waals surface area contributed by atoms with Gasteiger partial charge in [0.15, 0.2) is 5.78 Å². The summed E-state index contributed by atoms with van der Waals surface area (Å²) in [5, 5.41) is 2.90. The smallest absolute Gasteiger partial charge is 0.220 e. The lowest BCUT2D eigenvalue weighted by Gasteiger charge is -2.26. The summed E-state index contributed by atoms with van der Waals surface area (Å²) >= 11 is 0. The van der Waals surface area contributed by atoms with Crippen LogP contribution in [0.25, 0.3) is 0 Å². The first-order valence-electron chi connectivity index (χ1n) is 8.88. The fourth-order valence-corrected chi connectivity index (χ4v) is 2.74. The quantitative estimate of drug-likeness (QED) is 0.555. The van der Waals surface area contributed by atoms with E-state index in [1.54, 1.807) is 0 Å². The maximum Gasteiger partial charge on any atom is 0.220 e. The van der Waals surface area contributed by atoms with Crippen molar-refractivity contribution >= 4 is 11.7 Å².